The van der Waals surface area contributed by atoms with Crippen molar-refractivity contribution in [3.63, 3.8) is 0 Å². The van der Waals surface area contributed by atoms with Crippen molar-refractivity contribution in [3.8, 4) is 0 Å². The summed E-state index contributed by atoms with van der Waals surface area (Å²) in [6.07, 6.45) is 2.45. The van der Waals surface area contributed by atoms with Crippen molar-refractivity contribution in [2.75, 3.05) is 13.6 Å². The largest absolute Gasteiger partial charge is 0.345 e. The molecular formula is C14H20N4O. The summed E-state index contributed by atoms with van der Waals surface area (Å²) < 4.78 is 0. The summed E-state index contributed by atoms with van der Waals surface area (Å²) in [7, 11) is 1.82. The van der Waals surface area contributed by atoms with Gasteiger partial charge >= 0.3 is 0 Å². The summed E-state index contributed by atoms with van der Waals surface area (Å²) in [5.41, 5.74) is 8.62. The van der Waals surface area contributed by atoms with Crippen molar-refractivity contribution in [1.29, 1.82) is 0 Å². The maximum absolute atomic E-state index is 12.1. The zero-order valence-electron chi connectivity index (χ0n) is 11.4. The van der Waals surface area contributed by atoms with Gasteiger partial charge < -0.3 is 15.6 Å². The number of aromatic nitrogens is 2. The number of imidazole rings is 1. The molecule has 0 spiro atoms. The maximum Gasteiger partial charge on any atom is 0.226 e. The summed E-state index contributed by atoms with van der Waals surface area (Å²) in [5.74, 6) is 0.0237. The van der Waals surface area contributed by atoms with Crippen LogP contribution in [0.2, 0.25) is 0 Å². The molecule has 19 heavy (non-hydrogen) atoms. The third kappa shape index (κ3) is 2.93. The second-order valence-corrected chi connectivity index (χ2v) is 4.79. The average Bonchev–Trinajstić information content (AvgIpc) is 2.87. The topological polar surface area (TPSA) is 75.0 Å². The van der Waals surface area contributed by atoms with Crippen molar-refractivity contribution in [2.24, 2.45) is 11.7 Å². The Morgan fingerprint density at radius 3 is 3.00 bits per heavy atom. The number of amides is 1. The highest BCUT2D eigenvalue weighted by Gasteiger charge is 2.18. The van der Waals surface area contributed by atoms with E-state index in [1.54, 1.807) is 11.2 Å². The molecule has 0 aliphatic carbocycles. The molecule has 0 aliphatic rings. The van der Waals surface area contributed by atoms with Crippen LogP contribution in [0.4, 0.5) is 0 Å². The molecule has 5 nitrogen and oxygen atoms in total. The minimum absolute atomic E-state index is 0.0825. The number of hydrogen-bond donors (Lipinski definition) is 2. The summed E-state index contributed by atoms with van der Waals surface area (Å²) in [4.78, 5) is 21.1. The first-order valence-electron chi connectivity index (χ1n) is 6.52. The van der Waals surface area contributed by atoms with E-state index in [4.69, 9.17) is 5.73 Å². The van der Waals surface area contributed by atoms with Gasteiger partial charge in [-0.1, -0.05) is 13.0 Å². The minimum Gasteiger partial charge on any atom is -0.345 e. The molecule has 3 N–H and O–H groups in total. The van der Waals surface area contributed by atoms with Crippen molar-refractivity contribution in [1.82, 2.24) is 14.9 Å². The zero-order valence-corrected chi connectivity index (χ0v) is 11.4. The highest BCUT2D eigenvalue weighted by Crippen LogP contribution is 2.14. The van der Waals surface area contributed by atoms with Gasteiger partial charge in [-0.15, -0.1) is 0 Å². The number of fused-ring (bicyclic) bond motifs is 1. The molecule has 0 saturated carbocycles. The number of rotatable bonds is 5. The Morgan fingerprint density at radius 2 is 2.32 bits per heavy atom. The van der Waals surface area contributed by atoms with Crippen LogP contribution < -0.4 is 5.73 Å². The quantitative estimate of drug-likeness (QED) is 0.855. The monoisotopic (exact) mass is 260 g/mol. The number of nitrogens with one attached hydrogen (secondary N) is 1. The third-order valence-electron chi connectivity index (χ3n) is 3.41. The fourth-order valence-corrected chi connectivity index (χ4v) is 2.19. The van der Waals surface area contributed by atoms with Crippen molar-refractivity contribution >= 4 is 16.9 Å². The van der Waals surface area contributed by atoms with Gasteiger partial charge in [0.25, 0.3) is 0 Å². The highest BCUT2D eigenvalue weighted by molar-refractivity contribution is 5.79. The lowest BCUT2D eigenvalue weighted by molar-refractivity contribution is -0.134. The molecule has 0 saturated heterocycles. The number of nitrogens with two attached hydrogens (primary N) is 1. The predicted octanol–water partition coefficient (Wildman–Crippen LogP) is 1.51. The number of aromatic amines is 1. The molecular weight excluding hydrogens is 240 g/mol. The molecule has 5 heteroatoms. The smallest absolute Gasteiger partial charge is 0.226 e. The van der Waals surface area contributed by atoms with E-state index in [-0.39, 0.29) is 11.8 Å². The van der Waals surface area contributed by atoms with E-state index >= 15 is 0 Å². The van der Waals surface area contributed by atoms with Crippen LogP contribution in [-0.4, -0.2) is 34.4 Å². The molecule has 1 atom stereocenters. The fraction of sp³-hybridized carbons (Fsp3) is 0.429. The van der Waals surface area contributed by atoms with Gasteiger partial charge in [0.15, 0.2) is 0 Å². The molecule has 102 valence electrons. The Hall–Kier alpha value is -1.88. The van der Waals surface area contributed by atoms with Gasteiger partial charge in [0, 0.05) is 20.1 Å². The van der Waals surface area contributed by atoms with Crippen LogP contribution in [-0.2, 0) is 11.3 Å². The van der Waals surface area contributed by atoms with Gasteiger partial charge in [0.1, 0.15) is 0 Å². The van der Waals surface area contributed by atoms with Gasteiger partial charge in [0.2, 0.25) is 5.91 Å². The van der Waals surface area contributed by atoms with Gasteiger partial charge in [-0.2, -0.15) is 0 Å². The average molecular weight is 260 g/mol. The Kier molecular flexibility index (Phi) is 4.16. The van der Waals surface area contributed by atoms with Crippen LogP contribution in [0.25, 0.3) is 11.0 Å². The van der Waals surface area contributed by atoms with Crippen LogP contribution in [0.1, 0.15) is 18.9 Å². The van der Waals surface area contributed by atoms with Crippen LogP contribution in [0, 0.1) is 5.92 Å². The van der Waals surface area contributed by atoms with E-state index in [0.717, 1.165) is 23.0 Å². The molecule has 0 fully saturated rings. The normalized spacial score (nSPS) is 12.6. The number of carbonyl (C=O) groups excluding carboxylic acids is 1. The van der Waals surface area contributed by atoms with Crippen LogP contribution in [0.15, 0.2) is 24.5 Å². The van der Waals surface area contributed by atoms with E-state index in [1.165, 1.54) is 0 Å². The molecule has 1 amide bonds. The van der Waals surface area contributed by atoms with Crippen molar-refractivity contribution in [3.05, 3.63) is 30.1 Å². The van der Waals surface area contributed by atoms with E-state index in [1.807, 2.05) is 32.2 Å². The Labute approximate surface area is 112 Å². The molecule has 1 unspecified atom stereocenters. The van der Waals surface area contributed by atoms with Crippen LogP contribution >= 0.6 is 0 Å². The molecule has 0 aliphatic heterocycles. The van der Waals surface area contributed by atoms with Gasteiger partial charge in [-0.3, -0.25) is 4.79 Å². The summed E-state index contributed by atoms with van der Waals surface area (Å²) in [5, 5.41) is 0. The Morgan fingerprint density at radius 1 is 1.53 bits per heavy atom. The van der Waals surface area contributed by atoms with E-state index in [0.29, 0.717) is 13.1 Å². The predicted molar refractivity (Wildman–Crippen MR) is 75.4 cm³/mol. The first-order chi connectivity index (χ1) is 9.15. The van der Waals surface area contributed by atoms with E-state index < -0.39 is 0 Å². The molecule has 0 radical (unpaired) electrons. The Bertz CT molecular complexity index is 559. The molecule has 1 aromatic carbocycles. The van der Waals surface area contributed by atoms with Crippen LogP contribution in [0.3, 0.4) is 0 Å². The lowest BCUT2D eigenvalue weighted by Gasteiger charge is -2.22. The Balaban J connectivity index is 2.09. The van der Waals surface area contributed by atoms with Crippen molar-refractivity contribution in [2.45, 2.75) is 19.9 Å². The first kappa shape index (κ1) is 13.5. The molecule has 0 bridgehead atoms. The molecule has 1 aromatic heterocycles. The first-order valence-corrected chi connectivity index (χ1v) is 6.52. The lowest BCUT2D eigenvalue weighted by Crippen LogP contribution is -2.35. The fourth-order valence-electron chi connectivity index (χ4n) is 2.19. The summed E-state index contributed by atoms with van der Waals surface area (Å²) in [6.45, 7) is 2.98. The number of hydrogen-bond acceptors (Lipinski definition) is 3. The second kappa shape index (κ2) is 5.84. The van der Waals surface area contributed by atoms with Gasteiger partial charge in [-0.25, -0.2) is 4.98 Å². The van der Waals surface area contributed by atoms with Crippen LogP contribution in [0.5, 0.6) is 0 Å². The number of benzene rings is 1. The lowest BCUT2D eigenvalue weighted by atomic mass is 10.1. The van der Waals surface area contributed by atoms with E-state index in [2.05, 4.69) is 9.97 Å². The number of carbonyl (C=O) groups is 1. The van der Waals surface area contributed by atoms with Crippen molar-refractivity contribution < 1.29 is 4.79 Å². The zero-order chi connectivity index (χ0) is 13.8. The molecule has 2 rings (SSSR count). The number of nitrogens with zero attached hydrogens (tertiary/aromatic N) is 2. The summed E-state index contributed by atoms with van der Waals surface area (Å²) in [6, 6.07) is 5.98. The molecule has 1 heterocycles. The van der Waals surface area contributed by atoms with Gasteiger partial charge in [-0.05, 0) is 24.1 Å². The minimum atomic E-state index is -0.0825. The highest BCUT2D eigenvalue weighted by atomic mass is 16.2. The number of H-pyrrole nitrogens is 1. The molecule has 2 aromatic rings. The second-order valence-electron chi connectivity index (χ2n) is 4.79. The third-order valence-corrected chi connectivity index (χ3v) is 3.41. The van der Waals surface area contributed by atoms with Gasteiger partial charge in [0.05, 0.1) is 23.3 Å². The summed E-state index contributed by atoms with van der Waals surface area (Å²) >= 11 is 0. The maximum atomic E-state index is 12.1. The van der Waals surface area contributed by atoms with E-state index in [9.17, 15) is 4.79 Å². The SMILES string of the molecule is CCC(CN)C(=O)N(C)Cc1ccc2nc[nH]c2c1. The standard InChI is InChI=1S/C14H20N4O/c1-3-11(7-15)14(19)18(2)8-10-4-5-12-13(6-10)17-9-16-12/h4-6,9,11H,3,7-8,15H2,1-2H3,(H,16,17).